The van der Waals surface area contributed by atoms with Crippen LogP contribution in [-0.4, -0.2) is 34.2 Å². The molecule has 162 valence electrons. The number of hydrazone groups is 1. The Morgan fingerprint density at radius 1 is 1.10 bits per heavy atom. The first kappa shape index (κ1) is 21.1. The molecule has 1 saturated carbocycles. The van der Waals surface area contributed by atoms with Crippen LogP contribution >= 0.6 is 0 Å². The number of benzene rings is 2. The molecule has 31 heavy (non-hydrogen) atoms. The summed E-state index contributed by atoms with van der Waals surface area (Å²) in [6.45, 7) is 5.73. The highest BCUT2D eigenvalue weighted by atomic mass is 16.3. The van der Waals surface area contributed by atoms with Crippen LogP contribution in [0.2, 0.25) is 0 Å². The third kappa shape index (κ3) is 3.94. The third-order valence-electron chi connectivity index (χ3n) is 6.20. The normalized spacial score (nSPS) is 17.4. The molecule has 6 nitrogen and oxygen atoms in total. The fraction of sp³-hybridized carbons (Fsp3) is 0.400. The molecule has 1 aliphatic carbocycles. The van der Waals surface area contributed by atoms with Crippen LogP contribution in [0.15, 0.2) is 41.5 Å². The lowest BCUT2D eigenvalue weighted by Gasteiger charge is -2.29. The van der Waals surface area contributed by atoms with Crippen molar-refractivity contribution in [2.45, 2.75) is 58.9 Å². The molecule has 1 fully saturated rings. The molecule has 2 aromatic rings. The van der Waals surface area contributed by atoms with Gasteiger partial charge in [-0.3, -0.25) is 9.69 Å². The maximum Gasteiger partial charge on any atom is 0.349 e. The molecular weight excluding hydrogens is 390 g/mol. The topological polar surface area (TPSA) is 73.2 Å². The van der Waals surface area contributed by atoms with Crippen molar-refractivity contribution >= 4 is 29.4 Å². The van der Waals surface area contributed by atoms with Crippen molar-refractivity contribution in [3.05, 3.63) is 53.1 Å². The predicted molar refractivity (Wildman–Crippen MR) is 122 cm³/mol. The Labute approximate surface area is 183 Å². The van der Waals surface area contributed by atoms with Crippen molar-refractivity contribution in [1.29, 1.82) is 0 Å². The number of hydrogen-bond donors (Lipinski definition) is 1. The van der Waals surface area contributed by atoms with E-state index in [1.807, 2.05) is 26.8 Å². The highest BCUT2D eigenvalue weighted by Crippen LogP contribution is 2.40. The second-order valence-electron chi connectivity index (χ2n) is 8.74. The number of aromatic hydroxyl groups is 1. The first-order valence-corrected chi connectivity index (χ1v) is 11.0. The summed E-state index contributed by atoms with van der Waals surface area (Å²) in [5.41, 5.74) is 4.29. The number of aryl methyl sites for hydroxylation is 1. The third-order valence-corrected chi connectivity index (χ3v) is 6.20. The molecule has 2 amide bonds. The summed E-state index contributed by atoms with van der Waals surface area (Å²) in [5, 5.41) is 17.0. The molecule has 0 bridgehead atoms. The zero-order valence-electron chi connectivity index (χ0n) is 18.3. The van der Waals surface area contributed by atoms with E-state index in [9.17, 15) is 14.7 Å². The molecule has 0 unspecified atom stereocenters. The van der Waals surface area contributed by atoms with Gasteiger partial charge in [0.05, 0.1) is 23.1 Å². The summed E-state index contributed by atoms with van der Waals surface area (Å²) in [5.74, 6) is 0.449. The van der Waals surface area contributed by atoms with E-state index in [1.54, 1.807) is 40.2 Å². The lowest BCUT2D eigenvalue weighted by molar-refractivity contribution is 0.112. The van der Waals surface area contributed by atoms with Gasteiger partial charge in [-0.15, -0.1) is 0 Å². The molecule has 0 radical (unpaired) electrons. The average molecular weight is 420 g/mol. The Morgan fingerprint density at radius 2 is 1.77 bits per heavy atom. The smallest absolute Gasteiger partial charge is 0.349 e. The number of carbonyl (C=O) groups excluding carboxylic acids is 2. The van der Waals surface area contributed by atoms with Gasteiger partial charge in [-0.05, 0) is 75.6 Å². The number of nitrogens with zero attached hydrogens (tertiary/aromatic N) is 3. The van der Waals surface area contributed by atoms with Crippen molar-refractivity contribution in [2.75, 3.05) is 4.90 Å². The summed E-state index contributed by atoms with van der Waals surface area (Å²) in [4.78, 5) is 26.5. The summed E-state index contributed by atoms with van der Waals surface area (Å²) in [6, 6.07) is 10.2. The van der Waals surface area contributed by atoms with E-state index in [0.29, 0.717) is 22.5 Å². The number of carbonyl (C=O) groups is 2. The van der Waals surface area contributed by atoms with Gasteiger partial charge in [0.2, 0.25) is 0 Å². The SMILES string of the molecule is Cc1cc2c(cc1O)C(C1CCCCC1)=NN(C(C)C)C(=O)N2c1ccc(C=O)cc1. The molecule has 0 spiro atoms. The standard InChI is InChI=1S/C25H29N3O3/c1-16(2)28-25(31)27(20-11-9-18(15-29)10-12-20)22-13-17(3)23(30)14-21(22)24(26-28)19-7-5-4-6-8-19/h9-16,19,30H,4-8H2,1-3H3. The van der Waals surface area contributed by atoms with E-state index >= 15 is 0 Å². The summed E-state index contributed by atoms with van der Waals surface area (Å²) in [6.07, 6.45) is 6.35. The van der Waals surface area contributed by atoms with Crippen LogP contribution < -0.4 is 4.90 Å². The summed E-state index contributed by atoms with van der Waals surface area (Å²) >= 11 is 0. The van der Waals surface area contributed by atoms with Crippen LogP contribution in [-0.2, 0) is 0 Å². The lowest BCUT2D eigenvalue weighted by Crippen LogP contribution is -2.41. The van der Waals surface area contributed by atoms with Gasteiger partial charge in [-0.1, -0.05) is 19.3 Å². The van der Waals surface area contributed by atoms with Crippen LogP contribution in [0.3, 0.4) is 0 Å². The Balaban J connectivity index is 1.94. The van der Waals surface area contributed by atoms with E-state index in [-0.39, 0.29) is 23.7 Å². The van der Waals surface area contributed by atoms with Gasteiger partial charge in [-0.25, -0.2) is 9.80 Å². The molecule has 0 saturated heterocycles. The quantitative estimate of drug-likeness (QED) is 0.639. The van der Waals surface area contributed by atoms with Crippen molar-refractivity contribution < 1.29 is 14.7 Å². The molecule has 1 heterocycles. The fourth-order valence-corrected chi connectivity index (χ4v) is 4.46. The number of aldehydes is 1. The second-order valence-corrected chi connectivity index (χ2v) is 8.74. The zero-order valence-corrected chi connectivity index (χ0v) is 18.3. The zero-order chi connectivity index (χ0) is 22.1. The fourth-order valence-electron chi connectivity index (χ4n) is 4.46. The van der Waals surface area contributed by atoms with Gasteiger partial charge < -0.3 is 5.11 Å². The van der Waals surface area contributed by atoms with Crippen LogP contribution in [0.25, 0.3) is 0 Å². The van der Waals surface area contributed by atoms with E-state index < -0.39 is 0 Å². The number of anilines is 2. The van der Waals surface area contributed by atoms with Gasteiger partial charge in [0.25, 0.3) is 0 Å². The van der Waals surface area contributed by atoms with Crippen LogP contribution in [0.5, 0.6) is 5.75 Å². The Morgan fingerprint density at radius 3 is 2.39 bits per heavy atom. The predicted octanol–water partition coefficient (Wildman–Crippen LogP) is 5.78. The second kappa shape index (κ2) is 8.53. The van der Waals surface area contributed by atoms with Crippen LogP contribution in [0.1, 0.15) is 67.4 Å². The van der Waals surface area contributed by atoms with E-state index in [1.165, 1.54) is 6.42 Å². The van der Waals surface area contributed by atoms with Crippen molar-refractivity contribution in [3.8, 4) is 5.75 Å². The van der Waals surface area contributed by atoms with Crippen molar-refractivity contribution in [3.63, 3.8) is 0 Å². The van der Waals surface area contributed by atoms with E-state index in [2.05, 4.69) is 0 Å². The van der Waals surface area contributed by atoms with Crippen LogP contribution in [0, 0.1) is 12.8 Å². The molecule has 1 aliphatic heterocycles. The summed E-state index contributed by atoms with van der Waals surface area (Å²) < 4.78 is 0. The number of amides is 2. The number of hydrogen-bond acceptors (Lipinski definition) is 4. The van der Waals surface area contributed by atoms with E-state index in [4.69, 9.17) is 5.10 Å². The highest BCUT2D eigenvalue weighted by molar-refractivity contribution is 6.14. The molecule has 0 atom stereocenters. The molecule has 1 N–H and O–H groups in total. The molecule has 2 aromatic carbocycles. The minimum absolute atomic E-state index is 0.133. The minimum atomic E-state index is -0.244. The molecular formula is C25H29N3O3. The number of urea groups is 1. The average Bonchev–Trinajstić information content (AvgIpc) is 2.89. The minimum Gasteiger partial charge on any atom is -0.508 e. The lowest BCUT2D eigenvalue weighted by atomic mass is 9.82. The number of fused-ring (bicyclic) bond motifs is 1. The Kier molecular flexibility index (Phi) is 5.81. The molecule has 0 aromatic heterocycles. The maximum atomic E-state index is 13.7. The highest BCUT2D eigenvalue weighted by Gasteiger charge is 2.35. The van der Waals surface area contributed by atoms with Gasteiger partial charge in [-0.2, -0.15) is 5.10 Å². The van der Waals surface area contributed by atoms with Crippen molar-refractivity contribution in [1.82, 2.24) is 5.01 Å². The first-order valence-electron chi connectivity index (χ1n) is 11.0. The number of phenols is 1. The number of phenolic OH excluding ortho intramolecular Hbond substituents is 1. The monoisotopic (exact) mass is 419 g/mol. The van der Waals surface area contributed by atoms with Gasteiger partial charge >= 0.3 is 6.03 Å². The van der Waals surface area contributed by atoms with E-state index in [0.717, 1.165) is 43.2 Å². The van der Waals surface area contributed by atoms with Crippen LogP contribution in [0.4, 0.5) is 16.2 Å². The van der Waals surface area contributed by atoms with Gasteiger partial charge in [0.15, 0.2) is 0 Å². The van der Waals surface area contributed by atoms with Gasteiger partial charge in [0, 0.05) is 17.0 Å². The first-order chi connectivity index (χ1) is 14.9. The molecule has 4 rings (SSSR count). The Bertz CT molecular complexity index is 1020. The van der Waals surface area contributed by atoms with Crippen molar-refractivity contribution in [2.24, 2.45) is 11.0 Å². The maximum absolute atomic E-state index is 13.7. The molecule has 6 heteroatoms. The summed E-state index contributed by atoms with van der Waals surface area (Å²) in [7, 11) is 0. The number of rotatable bonds is 4. The Hall–Kier alpha value is -3.15. The van der Waals surface area contributed by atoms with Gasteiger partial charge in [0.1, 0.15) is 12.0 Å². The largest absolute Gasteiger partial charge is 0.508 e. The molecule has 2 aliphatic rings.